The van der Waals surface area contributed by atoms with E-state index in [2.05, 4.69) is 4.90 Å². The number of nitrogens with zero attached hydrogens (tertiary/aromatic N) is 1. The lowest BCUT2D eigenvalue weighted by Gasteiger charge is -2.23. The van der Waals surface area contributed by atoms with Crippen molar-refractivity contribution in [3.63, 3.8) is 0 Å². The third-order valence-electron chi connectivity index (χ3n) is 3.39. The van der Waals surface area contributed by atoms with E-state index in [1.807, 2.05) is 26.1 Å². The van der Waals surface area contributed by atoms with Crippen molar-refractivity contribution in [3.8, 4) is 0 Å². The van der Waals surface area contributed by atoms with Crippen LogP contribution in [-0.2, 0) is 0 Å². The average Bonchev–Trinajstić information content (AvgIpc) is 3.11. The Labute approximate surface area is 108 Å². The minimum atomic E-state index is -0.0749. The van der Waals surface area contributed by atoms with Gasteiger partial charge >= 0.3 is 0 Å². The number of ketones is 1. The Bertz CT molecular complexity index is 414. The first-order chi connectivity index (χ1) is 8.08. The maximum Gasteiger partial charge on any atom is 0.179 e. The van der Waals surface area contributed by atoms with Gasteiger partial charge in [-0.1, -0.05) is 23.7 Å². The highest BCUT2D eigenvalue weighted by molar-refractivity contribution is 6.31. The highest BCUT2D eigenvalue weighted by Crippen LogP contribution is 2.30. The molecular formula is C14H18ClNO. The van der Waals surface area contributed by atoms with Crippen LogP contribution in [0.15, 0.2) is 24.3 Å². The summed E-state index contributed by atoms with van der Waals surface area (Å²) >= 11 is 5.90. The van der Waals surface area contributed by atoms with Crippen LogP contribution in [0.1, 0.15) is 30.1 Å². The van der Waals surface area contributed by atoms with Crippen molar-refractivity contribution in [1.29, 1.82) is 0 Å². The molecule has 1 fully saturated rings. The number of rotatable bonds is 5. The summed E-state index contributed by atoms with van der Waals surface area (Å²) in [5.74, 6) is 0.949. The first-order valence-corrected chi connectivity index (χ1v) is 6.45. The lowest BCUT2D eigenvalue weighted by atomic mass is 10.0. The van der Waals surface area contributed by atoms with Gasteiger partial charge in [0, 0.05) is 17.1 Å². The number of hydrogen-bond acceptors (Lipinski definition) is 2. The van der Waals surface area contributed by atoms with Gasteiger partial charge in [0.05, 0.1) is 6.04 Å². The third-order valence-corrected chi connectivity index (χ3v) is 3.63. The molecule has 92 valence electrons. The number of carbonyl (C=O) groups excluding carboxylic acids is 1. The van der Waals surface area contributed by atoms with Gasteiger partial charge in [0.1, 0.15) is 0 Å². The van der Waals surface area contributed by atoms with E-state index in [0.29, 0.717) is 10.6 Å². The molecule has 0 spiro atoms. The predicted molar refractivity (Wildman–Crippen MR) is 70.6 cm³/mol. The van der Waals surface area contributed by atoms with E-state index in [1.165, 1.54) is 12.8 Å². The molecule has 2 nitrogen and oxygen atoms in total. The van der Waals surface area contributed by atoms with Gasteiger partial charge in [-0.15, -0.1) is 0 Å². The highest BCUT2D eigenvalue weighted by Gasteiger charge is 2.27. The van der Waals surface area contributed by atoms with Crippen LogP contribution in [0.4, 0.5) is 0 Å². The van der Waals surface area contributed by atoms with Crippen molar-refractivity contribution in [2.45, 2.75) is 25.8 Å². The minimum absolute atomic E-state index is 0.0749. The smallest absolute Gasteiger partial charge is 0.179 e. The first-order valence-electron chi connectivity index (χ1n) is 6.08. The van der Waals surface area contributed by atoms with Crippen LogP contribution in [0.3, 0.4) is 0 Å². The Balaban J connectivity index is 2.02. The maximum atomic E-state index is 12.2. The molecule has 3 heteroatoms. The number of hydrogen-bond donors (Lipinski definition) is 0. The molecule has 1 aromatic carbocycles. The van der Waals surface area contributed by atoms with Gasteiger partial charge < -0.3 is 0 Å². The van der Waals surface area contributed by atoms with Crippen molar-refractivity contribution in [3.05, 3.63) is 34.9 Å². The van der Waals surface area contributed by atoms with Crippen LogP contribution in [0, 0.1) is 5.92 Å². The first kappa shape index (κ1) is 12.6. The molecule has 1 aliphatic carbocycles. The van der Waals surface area contributed by atoms with Crippen molar-refractivity contribution in [2.24, 2.45) is 5.92 Å². The summed E-state index contributed by atoms with van der Waals surface area (Å²) in [6.45, 7) is 2.99. The SMILES string of the molecule is CC(C(=O)c1cccc(Cl)c1)N(C)CC1CC1. The third kappa shape index (κ3) is 3.30. The minimum Gasteiger partial charge on any atom is -0.296 e. The number of Topliss-reactive ketones (excluding diaryl/α,β-unsaturated/α-hetero) is 1. The van der Waals surface area contributed by atoms with E-state index in [-0.39, 0.29) is 11.8 Å². The van der Waals surface area contributed by atoms with Gasteiger partial charge in [-0.25, -0.2) is 0 Å². The summed E-state index contributed by atoms with van der Waals surface area (Å²) < 4.78 is 0. The molecule has 0 saturated heterocycles. The van der Waals surface area contributed by atoms with Crippen LogP contribution in [0.5, 0.6) is 0 Å². The van der Waals surface area contributed by atoms with E-state index < -0.39 is 0 Å². The largest absolute Gasteiger partial charge is 0.296 e. The van der Waals surface area contributed by atoms with Crippen LogP contribution in [0.2, 0.25) is 5.02 Å². The molecule has 0 radical (unpaired) electrons. The Morgan fingerprint density at radius 3 is 2.82 bits per heavy atom. The van der Waals surface area contributed by atoms with E-state index in [1.54, 1.807) is 12.1 Å². The molecule has 1 atom stereocenters. The molecule has 17 heavy (non-hydrogen) atoms. The number of halogens is 1. The highest BCUT2D eigenvalue weighted by atomic mass is 35.5. The molecule has 0 aliphatic heterocycles. The molecule has 0 bridgehead atoms. The molecule has 1 aromatic rings. The van der Waals surface area contributed by atoms with E-state index in [4.69, 9.17) is 11.6 Å². The van der Waals surface area contributed by atoms with Crippen LogP contribution >= 0.6 is 11.6 Å². The fraction of sp³-hybridized carbons (Fsp3) is 0.500. The summed E-state index contributed by atoms with van der Waals surface area (Å²) in [7, 11) is 2.02. The lowest BCUT2D eigenvalue weighted by molar-refractivity contribution is 0.0864. The maximum absolute atomic E-state index is 12.2. The standard InChI is InChI=1S/C14H18ClNO/c1-10(16(2)9-11-6-7-11)14(17)12-4-3-5-13(15)8-12/h3-5,8,10-11H,6-7,9H2,1-2H3. The molecule has 2 rings (SSSR count). The Hall–Kier alpha value is -0.860. The van der Waals surface area contributed by atoms with Gasteiger partial charge in [-0.2, -0.15) is 0 Å². The van der Waals surface area contributed by atoms with Crippen molar-refractivity contribution in [2.75, 3.05) is 13.6 Å². The molecule has 1 saturated carbocycles. The molecule has 0 aromatic heterocycles. The summed E-state index contributed by atoms with van der Waals surface area (Å²) in [6, 6.07) is 7.11. The van der Waals surface area contributed by atoms with Crippen molar-refractivity contribution >= 4 is 17.4 Å². The normalized spacial score (nSPS) is 17.2. The van der Waals surface area contributed by atoms with Crippen LogP contribution in [0.25, 0.3) is 0 Å². The monoisotopic (exact) mass is 251 g/mol. The average molecular weight is 252 g/mol. The van der Waals surface area contributed by atoms with Gasteiger partial charge in [0.15, 0.2) is 5.78 Å². The second kappa shape index (κ2) is 5.19. The van der Waals surface area contributed by atoms with Gasteiger partial charge in [-0.05, 0) is 44.9 Å². The van der Waals surface area contributed by atoms with E-state index >= 15 is 0 Å². The lowest BCUT2D eigenvalue weighted by Crippen LogP contribution is -2.37. The van der Waals surface area contributed by atoms with Crippen LogP contribution in [-0.4, -0.2) is 30.3 Å². The predicted octanol–water partition coefficient (Wildman–Crippen LogP) is 3.25. The molecule has 0 N–H and O–H groups in total. The molecule has 1 aliphatic rings. The Kier molecular flexibility index (Phi) is 3.85. The molecule has 0 amide bonds. The van der Waals surface area contributed by atoms with Crippen LogP contribution < -0.4 is 0 Å². The summed E-state index contributed by atoms with van der Waals surface area (Å²) in [6.07, 6.45) is 2.62. The van der Waals surface area contributed by atoms with Gasteiger partial charge in [-0.3, -0.25) is 9.69 Å². The zero-order valence-corrected chi connectivity index (χ0v) is 11.1. The Morgan fingerprint density at radius 1 is 1.53 bits per heavy atom. The fourth-order valence-electron chi connectivity index (χ4n) is 1.95. The summed E-state index contributed by atoms with van der Waals surface area (Å²) in [5.41, 5.74) is 0.702. The number of likely N-dealkylation sites (N-methyl/N-ethyl adjacent to an activating group) is 1. The topological polar surface area (TPSA) is 20.3 Å². The summed E-state index contributed by atoms with van der Waals surface area (Å²) in [5, 5.41) is 0.618. The molecule has 0 heterocycles. The fourth-order valence-corrected chi connectivity index (χ4v) is 2.14. The zero-order valence-electron chi connectivity index (χ0n) is 10.3. The van der Waals surface area contributed by atoms with Crippen molar-refractivity contribution < 1.29 is 4.79 Å². The second-order valence-corrected chi connectivity index (χ2v) is 5.37. The number of benzene rings is 1. The van der Waals surface area contributed by atoms with Gasteiger partial charge in [0.25, 0.3) is 0 Å². The van der Waals surface area contributed by atoms with E-state index in [0.717, 1.165) is 12.5 Å². The summed E-state index contributed by atoms with van der Waals surface area (Å²) in [4.78, 5) is 14.4. The Morgan fingerprint density at radius 2 is 2.24 bits per heavy atom. The number of carbonyl (C=O) groups is 1. The van der Waals surface area contributed by atoms with Gasteiger partial charge in [0.2, 0.25) is 0 Å². The molecule has 1 unspecified atom stereocenters. The van der Waals surface area contributed by atoms with Crippen molar-refractivity contribution in [1.82, 2.24) is 4.90 Å². The zero-order chi connectivity index (χ0) is 12.4. The second-order valence-electron chi connectivity index (χ2n) is 4.93. The molecular weight excluding hydrogens is 234 g/mol. The quantitative estimate of drug-likeness (QED) is 0.749. The van der Waals surface area contributed by atoms with E-state index in [9.17, 15) is 4.79 Å².